The minimum atomic E-state index is -0.802. The van der Waals surface area contributed by atoms with Crippen molar-refractivity contribution >= 4 is 23.4 Å². The molecule has 2 aromatic rings. The van der Waals surface area contributed by atoms with Crippen LogP contribution in [0.2, 0.25) is 5.02 Å². The predicted molar refractivity (Wildman–Crippen MR) is 109 cm³/mol. The first-order valence-corrected chi connectivity index (χ1v) is 10.5. The standard InChI is InChI=1S/C22H22ClN3O4/c23-13-4-5-18-14(7-13)17(27)8-19(30-18)21(29)26-22-9-12(10-22)16(11-22)25-20(28)15-3-1-2-6-24-15/h1-7,12,16-17,19,27H,8-11H2,(H,25,28)(H,26,29)/t12?,16-,17-,19-,22?/m1/s1. The van der Waals surface area contributed by atoms with Gasteiger partial charge in [-0.05, 0) is 55.5 Å². The zero-order chi connectivity index (χ0) is 20.9. The van der Waals surface area contributed by atoms with E-state index in [1.165, 1.54) is 0 Å². The molecule has 3 saturated carbocycles. The first kappa shape index (κ1) is 19.3. The number of pyridine rings is 1. The van der Waals surface area contributed by atoms with Crippen LogP contribution in [0.4, 0.5) is 0 Å². The third-order valence-corrected chi connectivity index (χ3v) is 6.65. The smallest absolute Gasteiger partial charge is 0.270 e. The Hall–Kier alpha value is -2.64. The molecule has 0 saturated heterocycles. The molecule has 3 fully saturated rings. The zero-order valence-electron chi connectivity index (χ0n) is 16.2. The lowest BCUT2D eigenvalue weighted by atomic mass is 9.76. The number of aliphatic hydroxyl groups is 1. The van der Waals surface area contributed by atoms with E-state index >= 15 is 0 Å². The maximum atomic E-state index is 12.9. The number of nitrogens with one attached hydrogen (secondary N) is 2. The summed E-state index contributed by atoms with van der Waals surface area (Å²) in [6.07, 6.45) is 2.55. The van der Waals surface area contributed by atoms with E-state index in [1.54, 1.807) is 42.6 Å². The number of carbonyl (C=O) groups excluding carboxylic acids is 2. The molecular formula is C22H22ClN3O4. The molecular weight excluding hydrogens is 406 g/mol. The van der Waals surface area contributed by atoms with Crippen molar-refractivity contribution in [1.82, 2.24) is 15.6 Å². The van der Waals surface area contributed by atoms with Crippen LogP contribution >= 0.6 is 11.6 Å². The molecule has 2 bridgehead atoms. The number of aliphatic hydroxyl groups excluding tert-OH is 1. The monoisotopic (exact) mass is 427 g/mol. The molecule has 7 nitrogen and oxygen atoms in total. The number of rotatable bonds is 4. The van der Waals surface area contributed by atoms with E-state index in [0.717, 1.165) is 12.8 Å². The molecule has 3 N–H and O–H groups in total. The van der Waals surface area contributed by atoms with Crippen LogP contribution in [-0.2, 0) is 4.79 Å². The van der Waals surface area contributed by atoms with Gasteiger partial charge in [0.25, 0.3) is 11.8 Å². The Bertz CT molecular complexity index is 993. The molecule has 2 heterocycles. The minimum absolute atomic E-state index is 0.0144. The first-order chi connectivity index (χ1) is 14.4. The number of amides is 2. The Balaban J connectivity index is 1.21. The normalized spacial score (nSPS) is 31.1. The van der Waals surface area contributed by atoms with Gasteiger partial charge < -0.3 is 20.5 Å². The molecule has 8 heteroatoms. The molecule has 1 aromatic carbocycles. The summed E-state index contributed by atoms with van der Waals surface area (Å²) in [7, 11) is 0. The lowest BCUT2D eigenvalue weighted by Crippen LogP contribution is -2.56. The van der Waals surface area contributed by atoms with Gasteiger partial charge in [-0.1, -0.05) is 17.7 Å². The van der Waals surface area contributed by atoms with E-state index in [0.29, 0.717) is 34.4 Å². The van der Waals surface area contributed by atoms with Crippen LogP contribution in [0.15, 0.2) is 42.6 Å². The fourth-order valence-corrected chi connectivity index (χ4v) is 5.15. The van der Waals surface area contributed by atoms with Crippen LogP contribution < -0.4 is 15.4 Å². The highest BCUT2D eigenvalue weighted by atomic mass is 35.5. The highest BCUT2D eigenvalue weighted by Gasteiger charge is 2.57. The summed E-state index contributed by atoms with van der Waals surface area (Å²) in [4.78, 5) is 29.4. The SMILES string of the molecule is O=C(N[C@@H]1CC2(NC(=O)[C@H]3C[C@@H](O)c4cc(Cl)ccc4O3)CC1C2)c1ccccn1. The molecule has 30 heavy (non-hydrogen) atoms. The van der Waals surface area contributed by atoms with E-state index in [1.807, 2.05) is 0 Å². The molecule has 6 rings (SSSR count). The van der Waals surface area contributed by atoms with Gasteiger partial charge in [0, 0.05) is 34.8 Å². The van der Waals surface area contributed by atoms with Crippen LogP contribution in [0.25, 0.3) is 0 Å². The lowest BCUT2D eigenvalue weighted by molar-refractivity contribution is -0.133. The molecule has 0 unspecified atom stereocenters. The fourth-order valence-electron chi connectivity index (χ4n) is 4.96. The van der Waals surface area contributed by atoms with Crippen LogP contribution in [0, 0.1) is 5.92 Å². The lowest BCUT2D eigenvalue weighted by Gasteiger charge is -2.40. The summed E-state index contributed by atoms with van der Waals surface area (Å²) in [5.74, 6) is 0.404. The second-order valence-electron chi connectivity index (χ2n) is 8.48. The molecule has 1 aliphatic heterocycles. The van der Waals surface area contributed by atoms with E-state index in [2.05, 4.69) is 15.6 Å². The summed E-state index contributed by atoms with van der Waals surface area (Å²) in [6.45, 7) is 0. The number of benzene rings is 1. The molecule has 4 aliphatic rings. The van der Waals surface area contributed by atoms with Crippen molar-refractivity contribution < 1.29 is 19.4 Å². The van der Waals surface area contributed by atoms with E-state index in [9.17, 15) is 14.7 Å². The summed E-state index contributed by atoms with van der Waals surface area (Å²) in [6, 6.07) is 10.3. The van der Waals surface area contributed by atoms with Crippen molar-refractivity contribution in [3.8, 4) is 5.75 Å². The van der Waals surface area contributed by atoms with Crippen molar-refractivity contribution in [2.45, 2.75) is 49.5 Å². The Morgan fingerprint density at radius 3 is 2.80 bits per heavy atom. The third-order valence-electron chi connectivity index (χ3n) is 6.42. The number of nitrogens with zero attached hydrogens (tertiary/aromatic N) is 1. The van der Waals surface area contributed by atoms with Crippen molar-refractivity contribution in [2.24, 2.45) is 5.92 Å². The Morgan fingerprint density at radius 2 is 2.03 bits per heavy atom. The van der Waals surface area contributed by atoms with Gasteiger partial charge in [-0.15, -0.1) is 0 Å². The van der Waals surface area contributed by atoms with E-state index in [-0.39, 0.29) is 29.8 Å². The number of carbonyl (C=O) groups is 2. The van der Waals surface area contributed by atoms with Crippen LogP contribution in [0.1, 0.15) is 47.8 Å². The van der Waals surface area contributed by atoms with Crippen molar-refractivity contribution in [1.29, 1.82) is 0 Å². The largest absolute Gasteiger partial charge is 0.480 e. The number of hydrogen-bond donors (Lipinski definition) is 3. The van der Waals surface area contributed by atoms with Crippen molar-refractivity contribution in [3.05, 3.63) is 58.9 Å². The number of aromatic nitrogens is 1. The van der Waals surface area contributed by atoms with Gasteiger partial charge >= 0.3 is 0 Å². The van der Waals surface area contributed by atoms with Crippen molar-refractivity contribution in [2.75, 3.05) is 0 Å². The van der Waals surface area contributed by atoms with Gasteiger partial charge in [0.15, 0.2) is 6.10 Å². The second-order valence-corrected chi connectivity index (χ2v) is 8.91. The van der Waals surface area contributed by atoms with E-state index in [4.69, 9.17) is 16.3 Å². The summed E-state index contributed by atoms with van der Waals surface area (Å²) in [5.41, 5.74) is 0.674. The second kappa shape index (κ2) is 7.25. The third kappa shape index (κ3) is 3.42. The average Bonchev–Trinajstić information content (AvgIpc) is 3.22. The van der Waals surface area contributed by atoms with Gasteiger partial charge in [-0.2, -0.15) is 0 Å². The molecule has 3 aliphatic carbocycles. The van der Waals surface area contributed by atoms with Crippen molar-refractivity contribution in [3.63, 3.8) is 0 Å². The summed E-state index contributed by atoms with van der Waals surface area (Å²) >= 11 is 5.99. The summed E-state index contributed by atoms with van der Waals surface area (Å²) in [5, 5.41) is 17.1. The van der Waals surface area contributed by atoms with Gasteiger partial charge in [0.05, 0.1) is 6.10 Å². The number of halogens is 1. The number of hydrogen-bond acceptors (Lipinski definition) is 5. The fraction of sp³-hybridized carbons (Fsp3) is 0.409. The average molecular weight is 428 g/mol. The number of fused-ring (bicyclic) bond motifs is 2. The maximum Gasteiger partial charge on any atom is 0.270 e. The van der Waals surface area contributed by atoms with E-state index < -0.39 is 12.2 Å². The van der Waals surface area contributed by atoms with Crippen LogP contribution in [-0.4, -0.2) is 39.6 Å². The topological polar surface area (TPSA) is 101 Å². The van der Waals surface area contributed by atoms with Gasteiger partial charge in [-0.25, -0.2) is 0 Å². The minimum Gasteiger partial charge on any atom is -0.480 e. The molecule has 0 spiro atoms. The maximum absolute atomic E-state index is 12.9. The predicted octanol–water partition coefficient (Wildman–Crippen LogP) is 2.39. The number of ether oxygens (including phenoxy) is 1. The molecule has 3 atom stereocenters. The Labute approximate surface area is 178 Å². The first-order valence-electron chi connectivity index (χ1n) is 10.1. The Morgan fingerprint density at radius 1 is 1.20 bits per heavy atom. The van der Waals surface area contributed by atoms with Crippen LogP contribution in [0.3, 0.4) is 0 Å². The van der Waals surface area contributed by atoms with Crippen LogP contribution in [0.5, 0.6) is 5.75 Å². The van der Waals surface area contributed by atoms with Gasteiger partial charge in [0.1, 0.15) is 11.4 Å². The summed E-state index contributed by atoms with van der Waals surface area (Å²) < 4.78 is 5.83. The zero-order valence-corrected chi connectivity index (χ0v) is 16.9. The van der Waals surface area contributed by atoms with Gasteiger partial charge in [0.2, 0.25) is 0 Å². The Kier molecular flexibility index (Phi) is 4.67. The molecule has 2 amide bonds. The van der Waals surface area contributed by atoms with Gasteiger partial charge in [-0.3, -0.25) is 14.6 Å². The molecule has 0 radical (unpaired) electrons. The quantitative estimate of drug-likeness (QED) is 0.695. The molecule has 156 valence electrons. The molecule has 1 aromatic heterocycles. The highest BCUT2D eigenvalue weighted by molar-refractivity contribution is 6.30. The highest BCUT2D eigenvalue weighted by Crippen LogP contribution is 2.52.